The van der Waals surface area contributed by atoms with Crippen molar-refractivity contribution in [2.75, 3.05) is 31.5 Å². The van der Waals surface area contributed by atoms with Gasteiger partial charge in [0.25, 0.3) is 0 Å². The van der Waals surface area contributed by atoms with Crippen LogP contribution < -0.4 is 10.6 Å². The third-order valence-electron chi connectivity index (χ3n) is 4.31. The first-order valence-corrected chi connectivity index (χ1v) is 7.32. The Hall–Kier alpha value is -1.24. The highest BCUT2D eigenvalue weighted by Crippen LogP contribution is 2.24. The molecule has 2 saturated heterocycles. The summed E-state index contributed by atoms with van der Waals surface area (Å²) < 4.78 is 26.3. The van der Waals surface area contributed by atoms with Gasteiger partial charge in [-0.2, -0.15) is 0 Å². The van der Waals surface area contributed by atoms with Gasteiger partial charge >= 0.3 is 0 Å². The van der Waals surface area contributed by atoms with E-state index in [4.69, 9.17) is 0 Å². The van der Waals surface area contributed by atoms with E-state index in [1.807, 2.05) is 0 Å². The van der Waals surface area contributed by atoms with Gasteiger partial charge in [-0.15, -0.1) is 12.4 Å². The van der Waals surface area contributed by atoms with Crippen molar-refractivity contribution in [3.63, 3.8) is 0 Å². The lowest BCUT2D eigenvalue weighted by Crippen LogP contribution is -2.46. The van der Waals surface area contributed by atoms with Crippen LogP contribution in [-0.2, 0) is 4.79 Å². The third-order valence-corrected chi connectivity index (χ3v) is 4.31. The fourth-order valence-electron chi connectivity index (χ4n) is 3.25. The number of benzene rings is 1. The predicted molar refractivity (Wildman–Crippen MR) is 83.2 cm³/mol. The van der Waals surface area contributed by atoms with Gasteiger partial charge in [-0.25, -0.2) is 8.78 Å². The van der Waals surface area contributed by atoms with Crippen LogP contribution >= 0.6 is 12.4 Å². The molecule has 22 heavy (non-hydrogen) atoms. The number of halogens is 3. The number of nitrogens with one attached hydrogen (secondary N) is 2. The van der Waals surface area contributed by atoms with Gasteiger partial charge in [-0.1, -0.05) is 0 Å². The van der Waals surface area contributed by atoms with Crippen LogP contribution in [0.3, 0.4) is 0 Å². The number of anilines is 1. The van der Waals surface area contributed by atoms with Crippen molar-refractivity contribution < 1.29 is 13.6 Å². The van der Waals surface area contributed by atoms with Crippen LogP contribution in [-0.4, -0.2) is 43.0 Å². The number of nitrogens with zero attached hydrogens (tertiary/aromatic N) is 1. The number of rotatable bonds is 3. The monoisotopic (exact) mass is 331 g/mol. The number of hydrogen-bond acceptors (Lipinski definition) is 3. The minimum absolute atomic E-state index is 0. The first-order valence-electron chi connectivity index (χ1n) is 7.32. The zero-order valence-corrected chi connectivity index (χ0v) is 13.0. The molecule has 4 nitrogen and oxygen atoms in total. The number of carbonyl (C=O) groups is 1. The maximum absolute atomic E-state index is 13.5. The number of carbonyl (C=O) groups excluding carboxylic acids is 1. The highest BCUT2D eigenvalue weighted by molar-refractivity contribution is 5.92. The molecule has 2 fully saturated rings. The van der Waals surface area contributed by atoms with E-state index in [2.05, 4.69) is 15.5 Å². The van der Waals surface area contributed by atoms with Crippen LogP contribution in [0.1, 0.15) is 12.8 Å². The maximum atomic E-state index is 13.5. The molecule has 0 radical (unpaired) electrons. The van der Waals surface area contributed by atoms with E-state index >= 15 is 0 Å². The van der Waals surface area contributed by atoms with Crippen molar-refractivity contribution in [1.29, 1.82) is 0 Å². The van der Waals surface area contributed by atoms with Crippen LogP contribution in [0.5, 0.6) is 0 Å². The molecule has 0 aromatic heterocycles. The van der Waals surface area contributed by atoms with Crippen molar-refractivity contribution in [3.05, 3.63) is 29.8 Å². The van der Waals surface area contributed by atoms with E-state index in [1.54, 1.807) is 0 Å². The molecule has 2 heterocycles. The van der Waals surface area contributed by atoms with Crippen LogP contribution in [0.25, 0.3) is 0 Å². The summed E-state index contributed by atoms with van der Waals surface area (Å²) in [7, 11) is 0. The highest BCUT2D eigenvalue weighted by Gasteiger charge is 2.32. The van der Waals surface area contributed by atoms with Crippen molar-refractivity contribution in [3.8, 4) is 0 Å². The van der Waals surface area contributed by atoms with Crippen LogP contribution in [0, 0.1) is 17.6 Å². The largest absolute Gasteiger partial charge is 0.322 e. The van der Waals surface area contributed by atoms with Gasteiger partial charge in [-0.3, -0.25) is 9.69 Å². The van der Waals surface area contributed by atoms with E-state index in [0.29, 0.717) is 12.0 Å². The lowest BCUT2D eigenvalue weighted by molar-refractivity contribution is -0.117. The molecule has 3 rings (SSSR count). The Morgan fingerprint density at radius 1 is 1.36 bits per heavy atom. The predicted octanol–water partition coefficient (Wildman–Crippen LogP) is 2.01. The smallest absolute Gasteiger partial charge is 0.238 e. The van der Waals surface area contributed by atoms with Crippen molar-refractivity contribution in [2.24, 2.45) is 5.92 Å². The van der Waals surface area contributed by atoms with E-state index in [-0.39, 0.29) is 30.5 Å². The molecule has 2 N–H and O–H groups in total. The molecule has 2 aliphatic rings. The molecule has 2 atom stereocenters. The van der Waals surface area contributed by atoms with E-state index in [9.17, 15) is 13.6 Å². The normalized spacial score (nSPS) is 24.5. The summed E-state index contributed by atoms with van der Waals surface area (Å²) in [5.74, 6) is -1.05. The van der Waals surface area contributed by atoms with Crippen LogP contribution in [0.2, 0.25) is 0 Å². The van der Waals surface area contributed by atoms with Gasteiger partial charge in [0.1, 0.15) is 11.6 Å². The quantitative estimate of drug-likeness (QED) is 0.890. The van der Waals surface area contributed by atoms with Crippen molar-refractivity contribution >= 4 is 24.0 Å². The van der Waals surface area contributed by atoms with Gasteiger partial charge in [-0.05, 0) is 37.4 Å². The van der Waals surface area contributed by atoms with Crippen LogP contribution in [0.4, 0.5) is 14.5 Å². The molecule has 1 amide bonds. The van der Waals surface area contributed by atoms with Gasteiger partial charge in [0, 0.05) is 25.2 Å². The highest BCUT2D eigenvalue weighted by atomic mass is 35.5. The van der Waals surface area contributed by atoms with E-state index < -0.39 is 11.6 Å². The second kappa shape index (κ2) is 7.35. The van der Waals surface area contributed by atoms with Crippen molar-refractivity contribution in [2.45, 2.75) is 18.9 Å². The Labute approximate surface area is 134 Å². The summed E-state index contributed by atoms with van der Waals surface area (Å²) in [4.78, 5) is 14.1. The molecule has 7 heteroatoms. The van der Waals surface area contributed by atoms with E-state index in [1.165, 1.54) is 6.07 Å². The lowest BCUT2D eigenvalue weighted by Gasteiger charge is -2.34. The van der Waals surface area contributed by atoms with Gasteiger partial charge in [0.05, 0.1) is 12.2 Å². The number of amides is 1. The fraction of sp³-hybridized carbons (Fsp3) is 0.533. The molecule has 0 saturated carbocycles. The third kappa shape index (κ3) is 3.94. The minimum atomic E-state index is -0.748. The molecule has 0 aliphatic carbocycles. The molecule has 2 aliphatic heterocycles. The topological polar surface area (TPSA) is 44.4 Å². The Balaban J connectivity index is 0.00000176. The van der Waals surface area contributed by atoms with Gasteiger partial charge < -0.3 is 10.6 Å². The molecule has 0 spiro atoms. The van der Waals surface area contributed by atoms with Crippen molar-refractivity contribution in [1.82, 2.24) is 10.2 Å². The van der Waals surface area contributed by atoms with Gasteiger partial charge in [0.2, 0.25) is 5.91 Å². The molecule has 122 valence electrons. The Morgan fingerprint density at radius 2 is 2.18 bits per heavy atom. The number of hydrogen-bond donors (Lipinski definition) is 2. The minimum Gasteiger partial charge on any atom is -0.322 e. The SMILES string of the molecule is Cl.O=C(CN1CCC2NCCC2C1)Nc1ccc(F)cc1F. The lowest BCUT2D eigenvalue weighted by atomic mass is 9.93. The summed E-state index contributed by atoms with van der Waals surface area (Å²) in [6, 6.07) is 3.73. The van der Waals surface area contributed by atoms with E-state index in [0.717, 1.165) is 44.6 Å². The fourth-order valence-corrected chi connectivity index (χ4v) is 3.25. The molecule has 1 aromatic rings. The standard InChI is InChI=1S/C15H19F2N3O.ClH/c16-11-1-2-14(12(17)7-11)19-15(21)9-20-6-4-13-10(8-20)3-5-18-13;/h1-2,7,10,13,18H,3-6,8-9H2,(H,19,21);1H. The zero-order chi connectivity index (χ0) is 14.8. The number of piperidine rings is 1. The number of likely N-dealkylation sites (tertiary alicyclic amines) is 1. The summed E-state index contributed by atoms with van der Waals surface area (Å²) >= 11 is 0. The second-order valence-corrected chi connectivity index (χ2v) is 5.81. The molecular weight excluding hydrogens is 312 g/mol. The Morgan fingerprint density at radius 3 is 2.95 bits per heavy atom. The summed E-state index contributed by atoms with van der Waals surface area (Å²) in [6.45, 7) is 3.07. The summed E-state index contributed by atoms with van der Waals surface area (Å²) in [5.41, 5.74) is 0.0267. The first kappa shape index (κ1) is 17.1. The van der Waals surface area contributed by atoms with Gasteiger partial charge in [0.15, 0.2) is 0 Å². The van der Waals surface area contributed by atoms with Crippen LogP contribution in [0.15, 0.2) is 18.2 Å². The average molecular weight is 332 g/mol. The number of fused-ring (bicyclic) bond motifs is 1. The molecule has 2 unspecified atom stereocenters. The average Bonchev–Trinajstić information content (AvgIpc) is 2.89. The molecule has 1 aromatic carbocycles. The zero-order valence-electron chi connectivity index (χ0n) is 12.1. The summed E-state index contributed by atoms with van der Waals surface area (Å²) in [6.07, 6.45) is 2.19. The molecule has 0 bridgehead atoms. The first-order chi connectivity index (χ1) is 10.1. The Kier molecular flexibility index (Phi) is 5.72. The second-order valence-electron chi connectivity index (χ2n) is 5.81. The summed E-state index contributed by atoms with van der Waals surface area (Å²) in [5, 5.41) is 5.98. The Bertz CT molecular complexity index is 544. The molecular formula is C15H20ClF2N3O. The maximum Gasteiger partial charge on any atom is 0.238 e.